The van der Waals surface area contributed by atoms with Gasteiger partial charge in [-0.15, -0.1) is 0 Å². The summed E-state index contributed by atoms with van der Waals surface area (Å²) < 4.78 is 10.7. The smallest absolute Gasteiger partial charge is 0.241 e. The summed E-state index contributed by atoms with van der Waals surface area (Å²) in [5.41, 5.74) is 2.62. The predicted octanol–water partition coefficient (Wildman–Crippen LogP) is 3.12. The summed E-state index contributed by atoms with van der Waals surface area (Å²) in [5, 5.41) is 3.00. The van der Waals surface area contributed by atoms with Crippen molar-refractivity contribution in [2.45, 2.75) is 19.4 Å². The van der Waals surface area contributed by atoms with E-state index in [2.05, 4.69) is 20.1 Å². The Labute approximate surface area is 182 Å². The first-order chi connectivity index (χ1) is 15.1. The molecule has 1 atom stereocenters. The Morgan fingerprint density at radius 3 is 2.71 bits per heavy atom. The van der Waals surface area contributed by atoms with Gasteiger partial charge in [-0.25, -0.2) is 4.98 Å². The Hall–Kier alpha value is -3.26. The van der Waals surface area contributed by atoms with E-state index in [1.54, 1.807) is 32.4 Å². The minimum atomic E-state index is -0.272. The second-order valence-electron chi connectivity index (χ2n) is 7.69. The number of carbonyl (C=O) groups is 1. The molecule has 8 heteroatoms. The molecule has 1 aromatic heterocycles. The molecule has 0 bridgehead atoms. The molecular formula is C23H29N5O3. The van der Waals surface area contributed by atoms with Crippen LogP contribution in [0, 0.1) is 0 Å². The van der Waals surface area contributed by atoms with Crippen LogP contribution in [-0.4, -0.2) is 67.2 Å². The van der Waals surface area contributed by atoms with E-state index in [4.69, 9.17) is 14.5 Å². The van der Waals surface area contributed by atoms with Crippen LogP contribution >= 0.6 is 0 Å². The third kappa shape index (κ3) is 4.59. The number of nitrogens with one attached hydrogen (secondary N) is 2. The van der Waals surface area contributed by atoms with Crippen LogP contribution in [0.1, 0.15) is 13.3 Å². The summed E-state index contributed by atoms with van der Waals surface area (Å²) in [6.07, 6.45) is 0.956. The number of aromatic amines is 1. The molecule has 164 valence electrons. The van der Waals surface area contributed by atoms with E-state index in [1.807, 2.05) is 31.2 Å². The fourth-order valence-electron chi connectivity index (χ4n) is 3.94. The summed E-state index contributed by atoms with van der Waals surface area (Å²) in [6, 6.07) is 13.1. The molecule has 8 nitrogen and oxygen atoms in total. The van der Waals surface area contributed by atoms with Crippen LogP contribution in [0.5, 0.6) is 11.5 Å². The fourth-order valence-corrected chi connectivity index (χ4v) is 3.94. The predicted molar refractivity (Wildman–Crippen MR) is 122 cm³/mol. The van der Waals surface area contributed by atoms with Crippen LogP contribution in [0.3, 0.4) is 0 Å². The monoisotopic (exact) mass is 423 g/mol. The van der Waals surface area contributed by atoms with Gasteiger partial charge in [0.05, 0.1) is 37.0 Å². The quantitative estimate of drug-likeness (QED) is 0.634. The second-order valence-corrected chi connectivity index (χ2v) is 7.69. The molecule has 0 saturated carbocycles. The van der Waals surface area contributed by atoms with Crippen molar-refractivity contribution < 1.29 is 14.3 Å². The number of methoxy groups -OCH3 is 2. The maximum atomic E-state index is 13.0. The van der Waals surface area contributed by atoms with Crippen molar-refractivity contribution in [2.75, 3.05) is 50.6 Å². The Morgan fingerprint density at radius 2 is 1.94 bits per heavy atom. The van der Waals surface area contributed by atoms with Gasteiger partial charge in [0.2, 0.25) is 11.9 Å². The number of imidazole rings is 1. The lowest BCUT2D eigenvalue weighted by atomic mass is 10.2. The lowest BCUT2D eigenvalue weighted by molar-refractivity contribution is -0.120. The van der Waals surface area contributed by atoms with E-state index in [9.17, 15) is 4.79 Å². The van der Waals surface area contributed by atoms with Crippen molar-refractivity contribution in [3.05, 3.63) is 42.5 Å². The van der Waals surface area contributed by atoms with Crippen molar-refractivity contribution in [3.63, 3.8) is 0 Å². The normalized spacial score (nSPS) is 16.0. The van der Waals surface area contributed by atoms with E-state index < -0.39 is 0 Å². The highest BCUT2D eigenvalue weighted by Gasteiger charge is 2.25. The number of nitrogens with zero attached hydrogens (tertiary/aromatic N) is 3. The van der Waals surface area contributed by atoms with Crippen LogP contribution in [0.2, 0.25) is 0 Å². The maximum Gasteiger partial charge on any atom is 0.241 e. The molecular weight excluding hydrogens is 394 g/mol. The number of hydrogen-bond donors (Lipinski definition) is 2. The number of H-pyrrole nitrogens is 1. The van der Waals surface area contributed by atoms with Gasteiger partial charge in [0, 0.05) is 32.2 Å². The third-order valence-electron chi connectivity index (χ3n) is 5.80. The highest BCUT2D eigenvalue weighted by atomic mass is 16.5. The number of amides is 1. The van der Waals surface area contributed by atoms with Gasteiger partial charge in [-0.05, 0) is 37.6 Å². The first-order valence-electron chi connectivity index (χ1n) is 10.6. The van der Waals surface area contributed by atoms with E-state index >= 15 is 0 Å². The zero-order chi connectivity index (χ0) is 21.8. The molecule has 4 rings (SSSR count). The van der Waals surface area contributed by atoms with Crippen LogP contribution < -0.4 is 19.7 Å². The minimum Gasteiger partial charge on any atom is -0.497 e. The molecule has 1 amide bonds. The Morgan fingerprint density at radius 1 is 1.10 bits per heavy atom. The van der Waals surface area contributed by atoms with E-state index in [-0.39, 0.29) is 11.9 Å². The lowest BCUT2D eigenvalue weighted by Gasteiger charge is -2.27. The Kier molecular flexibility index (Phi) is 6.27. The van der Waals surface area contributed by atoms with Crippen molar-refractivity contribution in [1.82, 2.24) is 14.9 Å². The van der Waals surface area contributed by atoms with Crippen LogP contribution in [0.15, 0.2) is 42.5 Å². The fraction of sp³-hybridized carbons (Fsp3) is 0.391. The molecule has 2 heterocycles. The van der Waals surface area contributed by atoms with Crippen LogP contribution in [0.4, 0.5) is 11.6 Å². The van der Waals surface area contributed by atoms with Crippen molar-refractivity contribution in [3.8, 4) is 11.5 Å². The molecule has 0 radical (unpaired) electrons. The summed E-state index contributed by atoms with van der Waals surface area (Å²) in [5.74, 6) is 2.10. The first kappa shape index (κ1) is 21.0. The molecule has 1 unspecified atom stereocenters. The average molecular weight is 424 g/mol. The highest BCUT2D eigenvalue weighted by Crippen LogP contribution is 2.29. The van der Waals surface area contributed by atoms with Crippen molar-refractivity contribution in [2.24, 2.45) is 0 Å². The van der Waals surface area contributed by atoms with Gasteiger partial charge in [-0.3, -0.25) is 9.69 Å². The van der Waals surface area contributed by atoms with Crippen molar-refractivity contribution >= 4 is 28.6 Å². The highest BCUT2D eigenvalue weighted by molar-refractivity contribution is 5.96. The molecule has 1 saturated heterocycles. The van der Waals surface area contributed by atoms with Crippen molar-refractivity contribution in [1.29, 1.82) is 0 Å². The molecule has 31 heavy (non-hydrogen) atoms. The number of fused-ring (bicyclic) bond motifs is 1. The number of anilines is 2. The first-order valence-corrected chi connectivity index (χ1v) is 10.6. The molecule has 0 aliphatic carbocycles. The lowest BCUT2D eigenvalue weighted by Crippen LogP contribution is -2.44. The van der Waals surface area contributed by atoms with Gasteiger partial charge >= 0.3 is 0 Å². The summed E-state index contributed by atoms with van der Waals surface area (Å²) in [6.45, 7) is 5.27. The second kappa shape index (κ2) is 9.26. The van der Waals surface area contributed by atoms with Gasteiger partial charge in [0.15, 0.2) is 0 Å². The molecule has 1 aliphatic heterocycles. The Balaban J connectivity index is 1.41. The third-order valence-corrected chi connectivity index (χ3v) is 5.80. The SMILES string of the molecule is COc1ccc(OC)c(NC(=O)C(C)N2CCCN(c3nc4ccccc4[nH]3)CC2)c1. The number of rotatable bonds is 6. The standard InChI is InChI=1S/C23H29N5O3/c1-16(22(29)24-20-15-17(30-2)9-10-21(20)31-3)27-11-6-12-28(14-13-27)23-25-18-7-4-5-8-19(18)26-23/h4-5,7-10,15-16H,6,11-14H2,1-3H3,(H,24,29)(H,25,26). The minimum absolute atomic E-state index is 0.0660. The average Bonchev–Trinajstić information content (AvgIpc) is 3.08. The van der Waals surface area contributed by atoms with Crippen LogP contribution in [0.25, 0.3) is 11.0 Å². The number of aromatic nitrogens is 2. The van der Waals surface area contributed by atoms with Gasteiger partial charge in [0.1, 0.15) is 11.5 Å². The van der Waals surface area contributed by atoms with Crippen LogP contribution in [-0.2, 0) is 4.79 Å². The zero-order valence-electron chi connectivity index (χ0n) is 18.2. The number of ether oxygens (including phenoxy) is 2. The van der Waals surface area contributed by atoms with Gasteiger partial charge in [-0.1, -0.05) is 12.1 Å². The van der Waals surface area contributed by atoms with E-state index in [1.165, 1.54) is 0 Å². The number of hydrogen-bond acceptors (Lipinski definition) is 6. The summed E-state index contributed by atoms with van der Waals surface area (Å²) >= 11 is 0. The molecule has 2 aromatic carbocycles. The molecule has 1 aliphatic rings. The molecule has 3 aromatic rings. The van der Waals surface area contributed by atoms with Gasteiger partial charge < -0.3 is 24.7 Å². The number of benzene rings is 2. The van der Waals surface area contributed by atoms with Gasteiger partial charge in [-0.2, -0.15) is 0 Å². The van der Waals surface area contributed by atoms with E-state index in [0.29, 0.717) is 17.2 Å². The summed E-state index contributed by atoms with van der Waals surface area (Å²) in [7, 11) is 3.18. The number of para-hydroxylation sites is 2. The zero-order valence-corrected chi connectivity index (χ0v) is 18.2. The maximum absolute atomic E-state index is 13.0. The topological polar surface area (TPSA) is 82.7 Å². The number of carbonyl (C=O) groups excluding carboxylic acids is 1. The van der Waals surface area contributed by atoms with E-state index in [0.717, 1.165) is 49.6 Å². The molecule has 2 N–H and O–H groups in total. The van der Waals surface area contributed by atoms with Gasteiger partial charge in [0.25, 0.3) is 0 Å². The molecule has 0 spiro atoms. The Bertz CT molecular complexity index is 1020. The molecule has 1 fully saturated rings. The summed E-state index contributed by atoms with van der Waals surface area (Å²) in [4.78, 5) is 25.6. The largest absolute Gasteiger partial charge is 0.497 e.